The van der Waals surface area contributed by atoms with Gasteiger partial charge >= 0.3 is 0 Å². The molecule has 7 heteroatoms. The van der Waals surface area contributed by atoms with E-state index in [0.717, 1.165) is 22.8 Å². The number of nitrogens with zero attached hydrogens (tertiary/aromatic N) is 3. The van der Waals surface area contributed by atoms with Crippen molar-refractivity contribution in [1.29, 1.82) is 0 Å². The highest BCUT2D eigenvalue weighted by Crippen LogP contribution is 2.42. The minimum atomic E-state index is -0.326. The summed E-state index contributed by atoms with van der Waals surface area (Å²) in [6.07, 6.45) is 3.76. The second-order valence-corrected chi connectivity index (χ2v) is 8.06. The smallest absolute Gasteiger partial charge is 0.174 e. The molecular formula is C26H23FN4OS. The molecule has 1 saturated heterocycles. The minimum absolute atomic E-state index is 0.255. The molecule has 1 fully saturated rings. The molecule has 2 aromatic carbocycles. The molecule has 2 atom stereocenters. The molecule has 5 rings (SSSR count). The van der Waals surface area contributed by atoms with Crippen molar-refractivity contribution >= 4 is 23.0 Å². The molecule has 166 valence electrons. The Morgan fingerprint density at radius 1 is 1.00 bits per heavy atom. The second kappa shape index (κ2) is 9.03. The number of thiocarbonyl (C=S) groups is 1. The Kier molecular flexibility index (Phi) is 5.79. The summed E-state index contributed by atoms with van der Waals surface area (Å²) in [6, 6.07) is 23.9. The molecule has 0 spiro atoms. The lowest BCUT2D eigenvalue weighted by Crippen LogP contribution is -2.31. The largest absolute Gasteiger partial charge is 0.494 e. The average Bonchev–Trinajstić information content (AvgIpc) is 3.45. The number of halogens is 1. The van der Waals surface area contributed by atoms with Crippen molar-refractivity contribution in [2.75, 3.05) is 11.5 Å². The molecule has 1 aliphatic rings. The lowest BCUT2D eigenvalue weighted by molar-refractivity contribution is 0.340. The van der Waals surface area contributed by atoms with Crippen LogP contribution in [0.3, 0.4) is 0 Å². The van der Waals surface area contributed by atoms with Crippen LogP contribution in [0, 0.1) is 5.82 Å². The number of nitrogens with one attached hydrogen (secondary N) is 1. The molecule has 1 N–H and O–H groups in total. The Bertz CT molecular complexity index is 1260. The fourth-order valence-electron chi connectivity index (χ4n) is 4.30. The zero-order valence-corrected chi connectivity index (χ0v) is 18.9. The highest BCUT2D eigenvalue weighted by Gasteiger charge is 2.42. The zero-order valence-electron chi connectivity index (χ0n) is 18.1. The third-order valence-corrected chi connectivity index (χ3v) is 6.03. The van der Waals surface area contributed by atoms with Gasteiger partial charge in [-0.15, -0.1) is 0 Å². The van der Waals surface area contributed by atoms with Gasteiger partial charge in [-0.2, -0.15) is 0 Å². The summed E-state index contributed by atoms with van der Waals surface area (Å²) in [7, 11) is 0. The Labute approximate surface area is 197 Å². The Morgan fingerprint density at radius 2 is 1.79 bits per heavy atom. The fraction of sp³-hybridized carbons (Fsp3) is 0.154. The molecular weight excluding hydrogens is 435 g/mol. The van der Waals surface area contributed by atoms with E-state index >= 15 is 0 Å². The number of hydrogen-bond donors (Lipinski definition) is 1. The van der Waals surface area contributed by atoms with E-state index in [1.54, 1.807) is 18.3 Å². The van der Waals surface area contributed by atoms with Crippen molar-refractivity contribution in [2.45, 2.75) is 19.0 Å². The Morgan fingerprint density at radius 3 is 2.52 bits per heavy atom. The van der Waals surface area contributed by atoms with Gasteiger partial charge in [-0.1, -0.05) is 18.2 Å². The van der Waals surface area contributed by atoms with Crippen molar-refractivity contribution in [2.24, 2.45) is 0 Å². The maximum atomic E-state index is 14.9. The van der Waals surface area contributed by atoms with Gasteiger partial charge in [0.2, 0.25) is 0 Å². The molecule has 1 aliphatic heterocycles. The van der Waals surface area contributed by atoms with Crippen LogP contribution in [0.2, 0.25) is 0 Å². The summed E-state index contributed by atoms with van der Waals surface area (Å²) >= 11 is 5.71. The van der Waals surface area contributed by atoms with E-state index in [4.69, 9.17) is 17.0 Å². The van der Waals surface area contributed by atoms with E-state index in [9.17, 15) is 4.39 Å². The van der Waals surface area contributed by atoms with Crippen molar-refractivity contribution in [3.63, 3.8) is 0 Å². The Hall–Kier alpha value is -3.71. The first-order chi connectivity index (χ1) is 16.2. The fourth-order valence-corrected chi connectivity index (χ4v) is 4.64. The number of aromatic nitrogens is 2. The van der Waals surface area contributed by atoms with Crippen LogP contribution in [0.15, 0.2) is 91.3 Å². The van der Waals surface area contributed by atoms with Gasteiger partial charge in [-0.25, -0.2) is 4.39 Å². The average molecular weight is 459 g/mol. The highest BCUT2D eigenvalue weighted by molar-refractivity contribution is 7.80. The predicted octanol–water partition coefficient (Wildman–Crippen LogP) is 5.59. The van der Waals surface area contributed by atoms with Crippen molar-refractivity contribution in [3.8, 4) is 11.4 Å². The van der Waals surface area contributed by atoms with E-state index in [2.05, 4.69) is 14.9 Å². The molecule has 0 radical (unpaired) electrons. The summed E-state index contributed by atoms with van der Waals surface area (Å²) in [5, 5.41) is 3.84. The first-order valence-electron chi connectivity index (χ1n) is 10.8. The van der Waals surface area contributed by atoms with Crippen LogP contribution in [-0.4, -0.2) is 21.3 Å². The van der Waals surface area contributed by atoms with Crippen molar-refractivity contribution in [3.05, 3.63) is 108 Å². The van der Waals surface area contributed by atoms with Crippen LogP contribution >= 0.6 is 12.2 Å². The van der Waals surface area contributed by atoms with E-state index < -0.39 is 0 Å². The minimum Gasteiger partial charge on any atom is -0.494 e. The maximum Gasteiger partial charge on any atom is 0.174 e. The lowest BCUT2D eigenvalue weighted by atomic mass is 10.0. The van der Waals surface area contributed by atoms with Gasteiger partial charge in [0.1, 0.15) is 17.6 Å². The van der Waals surface area contributed by atoms with E-state index in [0.29, 0.717) is 17.4 Å². The second-order valence-electron chi connectivity index (χ2n) is 7.68. The number of hydrogen-bond acceptors (Lipinski definition) is 3. The number of rotatable bonds is 6. The van der Waals surface area contributed by atoms with Gasteiger partial charge in [0.15, 0.2) is 5.11 Å². The molecule has 3 heterocycles. The number of para-hydroxylation sites is 1. The third-order valence-electron chi connectivity index (χ3n) is 5.72. The number of anilines is 1. The lowest BCUT2D eigenvalue weighted by Gasteiger charge is -2.29. The SMILES string of the molecule is CCOc1ccc(-n2cccc2[C@H]2[C@@H](c3ccccn3)NC(=S)N2c2ccccc2F)cc1. The quantitative estimate of drug-likeness (QED) is 0.382. The van der Waals surface area contributed by atoms with E-state index in [1.807, 2.05) is 78.7 Å². The summed E-state index contributed by atoms with van der Waals surface area (Å²) < 4.78 is 22.6. The maximum absolute atomic E-state index is 14.9. The molecule has 0 bridgehead atoms. The number of benzene rings is 2. The van der Waals surface area contributed by atoms with Crippen LogP contribution < -0.4 is 15.0 Å². The highest BCUT2D eigenvalue weighted by atomic mass is 32.1. The zero-order chi connectivity index (χ0) is 22.8. The van der Waals surface area contributed by atoms with Gasteiger partial charge in [-0.3, -0.25) is 4.98 Å². The summed E-state index contributed by atoms with van der Waals surface area (Å²) in [5.41, 5.74) is 3.20. The predicted molar refractivity (Wildman–Crippen MR) is 131 cm³/mol. The number of ether oxygens (including phenoxy) is 1. The molecule has 5 nitrogen and oxygen atoms in total. The van der Waals surface area contributed by atoms with Gasteiger partial charge in [-0.05, 0) is 79.8 Å². The molecule has 33 heavy (non-hydrogen) atoms. The molecule has 0 saturated carbocycles. The standard InChI is InChI=1S/C26H23FN4OS/c1-2-32-19-14-12-18(13-15-19)30-17-7-11-23(30)25-24(21-9-5-6-16-28-21)29-26(33)31(25)22-10-4-3-8-20(22)27/h3-17,24-25H,2H2,1H3,(H,29,33)/t24-,25+/m1/s1. The molecule has 2 aromatic heterocycles. The van der Waals surface area contributed by atoms with Gasteiger partial charge in [0.05, 0.1) is 24.0 Å². The summed E-state index contributed by atoms with van der Waals surface area (Å²) in [6.45, 7) is 2.58. The van der Waals surface area contributed by atoms with Crippen LogP contribution in [0.5, 0.6) is 5.75 Å². The van der Waals surface area contributed by atoms with Crippen LogP contribution in [0.4, 0.5) is 10.1 Å². The van der Waals surface area contributed by atoms with Gasteiger partial charge in [0.25, 0.3) is 0 Å². The number of pyridine rings is 1. The molecule has 0 aliphatic carbocycles. The van der Waals surface area contributed by atoms with Gasteiger partial charge < -0.3 is 19.5 Å². The summed E-state index contributed by atoms with van der Waals surface area (Å²) in [5.74, 6) is 0.491. The van der Waals surface area contributed by atoms with Gasteiger partial charge in [0, 0.05) is 23.8 Å². The van der Waals surface area contributed by atoms with E-state index in [-0.39, 0.29) is 17.9 Å². The molecule has 0 unspecified atom stereocenters. The molecule has 4 aromatic rings. The first-order valence-corrected chi connectivity index (χ1v) is 11.2. The topological polar surface area (TPSA) is 42.3 Å². The van der Waals surface area contributed by atoms with Crippen molar-refractivity contribution < 1.29 is 9.13 Å². The Balaban J connectivity index is 1.63. The normalized spacial score (nSPS) is 17.8. The van der Waals surface area contributed by atoms with E-state index in [1.165, 1.54) is 6.07 Å². The third kappa shape index (κ3) is 3.96. The summed E-state index contributed by atoms with van der Waals surface area (Å²) in [4.78, 5) is 6.42. The van der Waals surface area contributed by atoms with Crippen LogP contribution in [-0.2, 0) is 0 Å². The van der Waals surface area contributed by atoms with Crippen LogP contribution in [0.1, 0.15) is 30.4 Å². The van der Waals surface area contributed by atoms with Crippen LogP contribution in [0.25, 0.3) is 5.69 Å². The first kappa shape index (κ1) is 21.2. The molecule has 0 amide bonds. The monoisotopic (exact) mass is 458 g/mol. The van der Waals surface area contributed by atoms with Crippen molar-refractivity contribution in [1.82, 2.24) is 14.9 Å².